The largest absolute Gasteiger partial charge is 0.466 e. The molecule has 0 spiro atoms. The summed E-state index contributed by atoms with van der Waals surface area (Å²) in [6, 6.07) is 4.99. The van der Waals surface area contributed by atoms with Crippen LogP contribution in [0.25, 0.3) is 0 Å². The van der Waals surface area contributed by atoms with Gasteiger partial charge in [0.05, 0.1) is 30.7 Å². The predicted octanol–water partition coefficient (Wildman–Crippen LogP) is -0.393. The van der Waals surface area contributed by atoms with Crippen molar-refractivity contribution >= 4 is 27.7 Å². The minimum absolute atomic E-state index is 0.00248. The van der Waals surface area contributed by atoms with Gasteiger partial charge in [-0.3, -0.25) is 9.35 Å². The Labute approximate surface area is 138 Å². The fourth-order valence-corrected chi connectivity index (χ4v) is 2.68. The fourth-order valence-electron chi connectivity index (χ4n) is 2.20. The van der Waals surface area contributed by atoms with Crippen LogP contribution in [0.15, 0.2) is 40.4 Å². The SMILES string of the molecule is COC(=O)C1=C(Nc2ccc(S(=O)(=O)O)cc2)C(=O)N(CCO)C1. The number of hydrogen-bond acceptors (Lipinski definition) is 7. The van der Waals surface area contributed by atoms with Gasteiger partial charge in [-0.2, -0.15) is 8.42 Å². The second-order valence-electron chi connectivity index (χ2n) is 4.92. The molecule has 1 heterocycles. The smallest absolute Gasteiger partial charge is 0.337 e. The van der Waals surface area contributed by atoms with Crippen molar-refractivity contribution in [3.8, 4) is 0 Å². The highest BCUT2D eigenvalue weighted by molar-refractivity contribution is 7.85. The molecule has 10 heteroatoms. The number of amides is 1. The van der Waals surface area contributed by atoms with Gasteiger partial charge < -0.3 is 20.1 Å². The lowest BCUT2D eigenvalue weighted by molar-refractivity contribution is -0.136. The van der Waals surface area contributed by atoms with Crippen LogP contribution in [0.3, 0.4) is 0 Å². The van der Waals surface area contributed by atoms with Crippen LogP contribution in [0, 0.1) is 0 Å². The van der Waals surface area contributed by atoms with E-state index in [9.17, 15) is 18.0 Å². The van der Waals surface area contributed by atoms with E-state index in [-0.39, 0.29) is 35.9 Å². The van der Waals surface area contributed by atoms with Crippen molar-refractivity contribution in [1.29, 1.82) is 0 Å². The molecule has 0 atom stereocenters. The third-order valence-corrected chi connectivity index (χ3v) is 4.24. The number of nitrogens with one attached hydrogen (secondary N) is 1. The topological polar surface area (TPSA) is 133 Å². The van der Waals surface area contributed by atoms with Crippen LogP contribution in [-0.4, -0.2) is 61.7 Å². The van der Waals surface area contributed by atoms with Crippen LogP contribution in [-0.2, 0) is 24.4 Å². The summed E-state index contributed by atoms with van der Waals surface area (Å²) in [4.78, 5) is 25.1. The van der Waals surface area contributed by atoms with E-state index in [2.05, 4.69) is 10.1 Å². The van der Waals surface area contributed by atoms with Crippen molar-refractivity contribution in [2.75, 3.05) is 32.1 Å². The first-order chi connectivity index (χ1) is 11.3. The van der Waals surface area contributed by atoms with Crippen molar-refractivity contribution in [2.24, 2.45) is 0 Å². The Hall–Kier alpha value is -2.43. The van der Waals surface area contributed by atoms with E-state index in [0.29, 0.717) is 5.69 Å². The van der Waals surface area contributed by atoms with E-state index in [1.807, 2.05) is 0 Å². The molecule has 0 unspecified atom stereocenters. The number of carbonyl (C=O) groups is 2. The lowest BCUT2D eigenvalue weighted by Gasteiger charge is -2.15. The molecule has 3 N–H and O–H groups in total. The van der Waals surface area contributed by atoms with E-state index < -0.39 is 22.0 Å². The van der Waals surface area contributed by atoms with Crippen LogP contribution < -0.4 is 5.32 Å². The van der Waals surface area contributed by atoms with Gasteiger partial charge in [0.25, 0.3) is 16.0 Å². The Morgan fingerprint density at radius 3 is 2.46 bits per heavy atom. The number of carbonyl (C=O) groups excluding carboxylic acids is 2. The van der Waals surface area contributed by atoms with E-state index in [0.717, 1.165) is 12.1 Å². The standard InChI is InChI=1S/C14H16N2O7S/c1-23-14(19)11-8-16(6-7-17)13(18)12(11)15-9-2-4-10(5-3-9)24(20,21)22/h2-5,15,17H,6-8H2,1H3,(H,20,21,22). The molecule has 1 aliphatic heterocycles. The molecule has 0 saturated carbocycles. The number of hydrogen-bond donors (Lipinski definition) is 3. The van der Waals surface area contributed by atoms with Gasteiger partial charge in [-0.25, -0.2) is 4.79 Å². The number of methoxy groups -OCH3 is 1. The van der Waals surface area contributed by atoms with E-state index in [4.69, 9.17) is 9.66 Å². The summed E-state index contributed by atoms with van der Waals surface area (Å²) in [6.45, 7) is -0.194. The molecule has 130 valence electrons. The Kier molecular flexibility index (Phi) is 5.22. The Morgan fingerprint density at radius 2 is 1.96 bits per heavy atom. The van der Waals surface area contributed by atoms with Crippen LogP contribution in [0.2, 0.25) is 0 Å². The molecule has 1 amide bonds. The van der Waals surface area contributed by atoms with Crippen LogP contribution >= 0.6 is 0 Å². The first-order valence-corrected chi connectivity index (χ1v) is 8.28. The lowest BCUT2D eigenvalue weighted by Crippen LogP contribution is -2.31. The molecule has 1 aliphatic rings. The molecule has 1 aromatic carbocycles. The van der Waals surface area contributed by atoms with Crippen molar-refractivity contribution in [3.63, 3.8) is 0 Å². The molecular weight excluding hydrogens is 340 g/mol. The number of ether oxygens (including phenoxy) is 1. The Bertz CT molecular complexity index is 784. The van der Waals surface area contributed by atoms with Gasteiger partial charge in [-0.1, -0.05) is 0 Å². The number of esters is 1. The van der Waals surface area contributed by atoms with Gasteiger partial charge >= 0.3 is 5.97 Å². The number of aliphatic hydroxyl groups excluding tert-OH is 1. The van der Waals surface area contributed by atoms with E-state index >= 15 is 0 Å². The van der Waals surface area contributed by atoms with E-state index in [1.165, 1.54) is 24.1 Å². The van der Waals surface area contributed by atoms with Gasteiger partial charge in [-0.15, -0.1) is 0 Å². The number of nitrogens with zero attached hydrogens (tertiary/aromatic N) is 1. The van der Waals surface area contributed by atoms with Gasteiger partial charge in [0, 0.05) is 12.2 Å². The average Bonchev–Trinajstić information content (AvgIpc) is 2.84. The Morgan fingerprint density at radius 1 is 1.33 bits per heavy atom. The molecule has 0 radical (unpaired) electrons. The molecular formula is C14H16N2O7S. The fraction of sp³-hybridized carbons (Fsp3) is 0.286. The monoisotopic (exact) mass is 356 g/mol. The summed E-state index contributed by atoms with van der Waals surface area (Å²) in [5.74, 6) is -1.16. The van der Waals surface area contributed by atoms with Crippen molar-refractivity contribution in [2.45, 2.75) is 4.90 Å². The molecule has 2 rings (SSSR count). The summed E-state index contributed by atoms with van der Waals surface area (Å²) in [5, 5.41) is 11.7. The first kappa shape index (κ1) is 17.9. The first-order valence-electron chi connectivity index (χ1n) is 6.84. The quantitative estimate of drug-likeness (QED) is 0.463. The maximum atomic E-state index is 12.3. The molecule has 24 heavy (non-hydrogen) atoms. The second kappa shape index (κ2) is 6.99. The van der Waals surface area contributed by atoms with Gasteiger partial charge in [-0.05, 0) is 24.3 Å². The molecule has 9 nitrogen and oxygen atoms in total. The van der Waals surface area contributed by atoms with Gasteiger partial charge in [0.1, 0.15) is 5.70 Å². The summed E-state index contributed by atoms with van der Waals surface area (Å²) >= 11 is 0. The van der Waals surface area contributed by atoms with Gasteiger partial charge in [0.2, 0.25) is 0 Å². The number of aliphatic hydroxyl groups is 1. The highest BCUT2D eigenvalue weighted by atomic mass is 32.2. The zero-order chi connectivity index (χ0) is 17.9. The summed E-state index contributed by atoms with van der Waals surface area (Å²) in [7, 11) is -3.13. The zero-order valence-electron chi connectivity index (χ0n) is 12.7. The minimum atomic E-state index is -4.32. The van der Waals surface area contributed by atoms with Crippen LogP contribution in [0.4, 0.5) is 5.69 Å². The molecule has 0 saturated heterocycles. The number of β-amino-alcohol motifs (C(OH)–C–C–N with tert-alkyl or cyclic N) is 1. The molecule has 0 bridgehead atoms. The lowest BCUT2D eigenvalue weighted by atomic mass is 10.2. The number of benzene rings is 1. The molecule has 0 aliphatic carbocycles. The van der Waals surface area contributed by atoms with Crippen LogP contribution in [0.1, 0.15) is 0 Å². The number of rotatable bonds is 6. The second-order valence-corrected chi connectivity index (χ2v) is 6.34. The maximum absolute atomic E-state index is 12.3. The van der Waals surface area contributed by atoms with Crippen LogP contribution in [0.5, 0.6) is 0 Å². The maximum Gasteiger partial charge on any atom is 0.337 e. The normalized spacial score (nSPS) is 15.0. The van der Waals surface area contributed by atoms with Crippen molar-refractivity contribution < 1.29 is 32.4 Å². The third-order valence-electron chi connectivity index (χ3n) is 3.38. The van der Waals surface area contributed by atoms with Crippen molar-refractivity contribution in [1.82, 2.24) is 4.90 Å². The molecule has 0 aromatic heterocycles. The third kappa shape index (κ3) is 3.72. The summed E-state index contributed by atoms with van der Waals surface area (Å²) in [6.07, 6.45) is 0. The predicted molar refractivity (Wildman–Crippen MR) is 82.6 cm³/mol. The highest BCUT2D eigenvalue weighted by Crippen LogP contribution is 2.23. The zero-order valence-corrected chi connectivity index (χ0v) is 13.5. The average molecular weight is 356 g/mol. The summed E-state index contributed by atoms with van der Waals surface area (Å²) < 4.78 is 35.6. The molecule has 1 aromatic rings. The van der Waals surface area contributed by atoms with Gasteiger partial charge in [0.15, 0.2) is 0 Å². The van der Waals surface area contributed by atoms with Crippen molar-refractivity contribution in [3.05, 3.63) is 35.5 Å². The summed E-state index contributed by atoms with van der Waals surface area (Å²) in [5.41, 5.74) is 0.447. The Balaban J connectivity index is 2.30. The molecule has 0 fully saturated rings. The number of anilines is 1. The minimum Gasteiger partial charge on any atom is -0.466 e. The highest BCUT2D eigenvalue weighted by Gasteiger charge is 2.34. The van der Waals surface area contributed by atoms with E-state index in [1.54, 1.807) is 0 Å².